The first kappa shape index (κ1) is 14.2. The zero-order valence-electron chi connectivity index (χ0n) is 11.4. The molecule has 20 heavy (non-hydrogen) atoms. The van der Waals surface area contributed by atoms with E-state index in [0.29, 0.717) is 18.7 Å². The van der Waals surface area contributed by atoms with Crippen LogP contribution in [-0.4, -0.2) is 28.6 Å². The number of benzene rings is 1. The minimum absolute atomic E-state index is 0.516. The Morgan fingerprint density at radius 2 is 2.00 bits per heavy atom. The van der Waals surface area contributed by atoms with Crippen molar-refractivity contribution in [1.29, 1.82) is 5.26 Å². The largest absolute Gasteiger partial charge is 0.387 e. The van der Waals surface area contributed by atoms with Gasteiger partial charge in [-0.25, -0.2) is 0 Å². The second-order valence-corrected chi connectivity index (χ2v) is 4.77. The lowest BCUT2D eigenvalue weighted by Crippen LogP contribution is -2.24. The summed E-state index contributed by atoms with van der Waals surface area (Å²) >= 11 is 0. The summed E-state index contributed by atoms with van der Waals surface area (Å²) in [6, 6.07) is 14.9. The lowest BCUT2D eigenvalue weighted by atomic mass is 10.1. The Balaban J connectivity index is 1.93. The number of aromatic nitrogens is 1. The Labute approximate surface area is 118 Å². The van der Waals surface area contributed by atoms with E-state index < -0.39 is 6.10 Å². The van der Waals surface area contributed by atoms with Crippen LogP contribution in [0.1, 0.15) is 22.9 Å². The molecule has 0 aliphatic rings. The topological polar surface area (TPSA) is 60.1 Å². The number of likely N-dealkylation sites (N-methyl/N-ethyl adjacent to an activating group) is 1. The summed E-state index contributed by atoms with van der Waals surface area (Å²) in [5.74, 6) is 0. The molecule has 0 amide bonds. The first-order chi connectivity index (χ1) is 9.69. The van der Waals surface area contributed by atoms with Gasteiger partial charge in [0.15, 0.2) is 0 Å². The molecule has 2 rings (SSSR count). The molecule has 0 saturated heterocycles. The molecule has 2 aromatic rings. The molecule has 4 heteroatoms. The van der Waals surface area contributed by atoms with Crippen LogP contribution in [0.25, 0.3) is 0 Å². The van der Waals surface area contributed by atoms with Gasteiger partial charge >= 0.3 is 0 Å². The molecular weight excluding hydrogens is 250 g/mol. The normalized spacial score (nSPS) is 12.1. The summed E-state index contributed by atoms with van der Waals surface area (Å²) in [4.78, 5) is 6.28. The number of nitriles is 1. The van der Waals surface area contributed by atoms with E-state index in [0.717, 1.165) is 11.3 Å². The predicted octanol–water partition coefficient (Wildman–Crippen LogP) is 2.12. The number of pyridine rings is 1. The highest BCUT2D eigenvalue weighted by Gasteiger charge is 2.11. The molecule has 0 aliphatic heterocycles. The van der Waals surface area contributed by atoms with E-state index in [-0.39, 0.29) is 0 Å². The molecule has 0 saturated carbocycles. The molecule has 1 aromatic carbocycles. The first-order valence-corrected chi connectivity index (χ1v) is 6.45. The minimum Gasteiger partial charge on any atom is -0.387 e. The molecule has 1 N–H and O–H groups in total. The van der Waals surface area contributed by atoms with E-state index in [2.05, 4.69) is 11.1 Å². The third-order valence-electron chi connectivity index (χ3n) is 3.07. The van der Waals surface area contributed by atoms with Crippen LogP contribution in [0, 0.1) is 11.3 Å². The molecule has 1 aromatic heterocycles. The van der Waals surface area contributed by atoms with Crippen molar-refractivity contribution in [3.05, 3.63) is 65.5 Å². The van der Waals surface area contributed by atoms with Crippen molar-refractivity contribution in [3.63, 3.8) is 0 Å². The highest BCUT2D eigenvalue weighted by Crippen LogP contribution is 2.15. The van der Waals surface area contributed by atoms with Crippen molar-refractivity contribution < 1.29 is 5.11 Å². The molecule has 1 atom stereocenters. The van der Waals surface area contributed by atoms with E-state index >= 15 is 0 Å². The van der Waals surface area contributed by atoms with Gasteiger partial charge in [-0.15, -0.1) is 0 Å². The number of hydrogen-bond acceptors (Lipinski definition) is 4. The second-order valence-electron chi connectivity index (χ2n) is 4.77. The summed E-state index contributed by atoms with van der Waals surface area (Å²) in [7, 11) is 1.95. The Morgan fingerprint density at radius 1 is 1.25 bits per heavy atom. The van der Waals surface area contributed by atoms with Crippen molar-refractivity contribution in [2.75, 3.05) is 13.6 Å². The van der Waals surface area contributed by atoms with Crippen molar-refractivity contribution >= 4 is 0 Å². The van der Waals surface area contributed by atoms with Crippen LogP contribution in [-0.2, 0) is 6.54 Å². The number of hydrogen-bond donors (Lipinski definition) is 1. The van der Waals surface area contributed by atoms with Gasteiger partial charge in [0.2, 0.25) is 0 Å². The highest BCUT2D eigenvalue weighted by atomic mass is 16.3. The van der Waals surface area contributed by atoms with Gasteiger partial charge in [-0.1, -0.05) is 18.2 Å². The quantitative estimate of drug-likeness (QED) is 0.901. The predicted molar refractivity (Wildman–Crippen MR) is 76.7 cm³/mol. The van der Waals surface area contributed by atoms with Gasteiger partial charge in [0.25, 0.3) is 0 Å². The number of rotatable bonds is 5. The average Bonchev–Trinajstić information content (AvgIpc) is 2.48. The van der Waals surface area contributed by atoms with Gasteiger partial charge in [0.05, 0.1) is 23.4 Å². The van der Waals surface area contributed by atoms with E-state index in [1.165, 1.54) is 0 Å². The fourth-order valence-electron chi connectivity index (χ4n) is 2.01. The number of aliphatic hydroxyl groups excluding tert-OH is 1. The highest BCUT2D eigenvalue weighted by molar-refractivity contribution is 5.32. The van der Waals surface area contributed by atoms with Crippen LogP contribution in [0.2, 0.25) is 0 Å². The van der Waals surface area contributed by atoms with Crippen LogP contribution in [0.5, 0.6) is 0 Å². The Morgan fingerprint density at radius 3 is 2.60 bits per heavy atom. The average molecular weight is 267 g/mol. The summed E-state index contributed by atoms with van der Waals surface area (Å²) in [5, 5.41) is 18.9. The Bertz CT molecular complexity index is 575. The minimum atomic E-state index is -0.573. The van der Waals surface area contributed by atoms with E-state index in [1.54, 1.807) is 30.5 Å². The maximum Gasteiger partial charge on any atom is 0.0991 e. The van der Waals surface area contributed by atoms with Gasteiger partial charge in [-0.05, 0) is 36.9 Å². The molecule has 4 nitrogen and oxygen atoms in total. The van der Waals surface area contributed by atoms with Gasteiger partial charge in [0, 0.05) is 19.3 Å². The zero-order chi connectivity index (χ0) is 14.4. The van der Waals surface area contributed by atoms with Crippen molar-refractivity contribution in [2.45, 2.75) is 12.6 Å². The van der Waals surface area contributed by atoms with E-state index in [4.69, 9.17) is 5.26 Å². The summed E-state index contributed by atoms with van der Waals surface area (Å²) < 4.78 is 0. The fourth-order valence-corrected chi connectivity index (χ4v) is 2.01. The Kier molecular flexibility index (Phi) is 4.83. The molecule has 0 spiro atoms. The number of aliphatic hydroxyl groups is 1. The third-order valence-corrected chi connectivity index (χ3v) is 3.07. The van der Waals surface area contributed by atoms with E-state index in [1.807, 2.05) is 30.1 Å². The molecule has 102 valence electrons. The zero-order valence-corrected chi connectivity index (χ0v) is 11.4. The van der Waals surface area contributed by atoms with Gasteiger partial charge < -0.3 is 5.11 Å². The van der Waals surface area contributed by atoms with Crippen molar-refractivity contribution in [3.8, 4) is 6.07 Å². The van der Waals surface area contributed by atoms with Gasteiger partial charge in [-0.2, -0.15) is 5.26 Å². The summed E-state index contributed by atoms with van der Waals surface area (Å²) in [6.07, 6.45) is 1.19. The van der Waals surface area contributed by atoms with Gasteiger partial charge in [0.1, 0.15) is 0 Å². The Hall–Kier alpha value is -2.22. The maximum absolute atomic E-state index is 10.2. The third kappa shape index (κ3) is 3.89. The molecule has 0 fully saturated rings. The number of nitrogens with zero attached hydrogens (tertiary/aromatic N) is 3. The molecule has 0 aliphatic carbocycles. The lowest BCUT2D eigenvalue weighted by Gasteiger charge is -2.20. The maximum atomic E-state index is 10.2. The van der Waals surface area contributed by atoms with Crippen molar-refractivity contribution in [2.24, 2.45) is 0 Å². The smallest absolute Gasteiger partial charge is 0.0991 e. The van der Waals surface area contributed by atoms with Crippen LogP contribution in [0.15, 0.2) is 48.7 Å². The summed E-state index contributed by atoms with van der Waals surface area (Å²) in [6.45, 7) is 1.21. The second kappa shape index (κ2) is 6.80. The summed E-state index contributed by atoms with van der Waals surface area (Å²) in [5.41, 5.74) is 2.39. The lowest BCUT2D eigenvalue weighted by molar-refractivity contribution is 0.123. The first-order valence-electron chi connectivity index (χ1n) is 6.45. The van der Waals surface area contributed by atoms with Gasteiger partial charge in [-0.3, -0.25) is 9.88 Å². The molecule has 1 unspecified atom stereocenters. The molecule has 1 heterocycles. The SMILES string of the molecule is CN(Cc1ccccn1)CC(O)c1ccc(C#N)cc1. The molecule has 0 radical (unpaired) electrons. The van der Waals surface area contributed by atoms with Crippen LogP contribution >= 0.6 is 0 Å². The van der Waals surface area contributed by atoms with Crippen LogP contribution in [0.3, 0.4) is 0 Å². The monoisotopic (exact) mass is 267 g/mol. The fraction of sp³-hybridized carbons (Fsp3) is 0.250. The molecular formula is C16H17N3O. The van der Waals surface area contributed by atoms with Crippen LogP contribution < -0.4 is 0 Å². The molecule has 0 bridgehead atoms. The van der Waals surface area contributed by atoms with Crippen molar-refractivity contribution in [1.82, 2.24) is 9.88 Å². The van der Waals surface area contributed by atoms with E-state index in [9.17, 15) is 5.11 Å². The standard InChI is InChI=1S/C16H17N3O/c1-19(11-15-4-2-3-9-18-15)12-16(20)14-7-5-13(10-17)6-8-14/h2-9,16,20H,11-12H2,1H3. The van der Waals surface area contributed by atoms with Crippen LogP contribution in [0.4, 0.5) is 0 Å².